The highest BCUT2D eigenvalue weighted by Crippen LogP contribution is 2.13. The summed E-state index contributed by atoms with van der Waals surface area (Å²) in [6.45, 7) is 2.00. The van der Waals surface area contributed by atoms with Gasteiger partial charge in [-0.05, 0) is 31.2 Å². The molecule has 2 aromatic carbocycles. The molecule has 0 aliphatic heterocycles. The van der Waals surface area contributed by atoms with Crippen LogP contribution in [0.15, 0.2) is 76.1 Å². The van der Waals surface area contributed by atoms with Gasteiger partial charge >= 0.3 is 5.63 Å². The first-order valence-electron chi connectivity index (χ1n) is 7.20. The van der Waals surface area contributed by atoms with Gasteiger partial charge in [-0.25, -0.2) is 4.79 Å². The number of carbonyl (C=O) groups is 1. The van der Waals surface area contributed by atoms with Crippen LogP contribution in [0.25, 0.3) is 11.0 Å². The van der Waals surface area contributed by atoms with Crippen LogP contribution in [0, 0.1) is 6.92 Å². The molecule has 1 heterocycles. The van der Waals surface area contributed by atoms with E-state index in [1.165, 1.54) is 12.3 Å². The van der Waals surface area contributed by atoms with Crippen molar-refractivity contribution < 1.29 is 9.21 Å². The van der Waals surface area contributed by atoms with Crippen molar-refractivity contribution in [2.75, 3.05) is 5.32 Å². The summed E-state index contributed by atoms with van der Waals surface area (Å²) in [5.41, 5.74) is 1.88. The van der Waals surface area contributed by atoms with Crippen LogP contribution >= 0.6 is 0 Å². The van der Waals surface area contributed by atoms with Crippen LogP contribution in [-0.4, -0.2) is 5.78 Å². The van der Waals surface area contributed by atoms with Gasteiger partial charge in [0.1, 0.15) is 11.1 Å². The number of allylic oxidation sites excluding steroid dienone is 1. The molecule has 0 saturated carbocycles. The Balaban J connectivity index is 1.80. The number of fused-ring (bicyclic) bond motifs is 1. The van der Waals surface area contributed by atoms with Gasteiger partial charge in [0.05, 0.1) is 0 Å². The van der Waals surface area contributed by atoms with Crippen molar-refractivity contribution in [2.45, 2.75) is 6.92 Å². The number of benzene rings is 2. The van der Waals surface area contributed by atoms with Crippen molar-refractivity contribution in [3.63, 3.8) is 0 Å². The average Bonchev–Trinajstić information content (AvgIpc) is 2.56. The zero-order chi connectivity index (χ0) is 16.2. The van der Waals surface area contributed by atoms with Gasteiger partial charge in [-0.3, -0.25) is 4.79 Å². The molecule has 114 valence electrons. The molecule has 0 fully saturated rings. The largest absolute Gasteiger partial charge is 0.422 e. The van der Waals surface area contributed by atoms with E-state index in [9.17, 15) is 9.59 Å². The average molecular weight is 305 g/mol. The Hall–Kier alpha value is -3.14. The topological polar surface area (TPSA) is 59.3 Å². The molecule has 0 aliphatic carbocycles. The van der Waals surface area contributed by atoms with E-state index < -0.39 is 11.4 Å². The summed E-state index contributed by atoms with van der Waals surface area (Å²) in [6, 6.07) is 16.4. The highest BCUT2D eigenvalue weighted by molar-refractivity contribution is 6.05. The third kappa shape index (κ3) is 3.37. The first-order chi connectivity index (χ1) is 11.1. The second kappa shape index (κ2) is 6.32. The summed E-state index contributed by atoms with van der Waals surface area (Å²) in [7, 11) is 0. The number of hydrogen-bond acceptors (Lipinski definition) is 4. The van der Waals surface area contributed by atoms with E-state index in [1.807, 2.05) is 37.3 Å². The number of hydrogen-bond donors (Lipinski definition) is 1. The first kappa shape index (κ1) is 14.8. The zero-order valence-corrected chi connectivity index (χ0v) is 12.6. The van der Waals surface area contributed by atoms with Crippen LogP contribution < -0.4 is 10.9 Å². The van der Waals surface area contributed by atoms with E-state index in [1.54, 1.807) is 24.3 Å². The Bertz CT molecular complexity index is 937. The van der Waals surface area contributed by atoms with E-state index in [-0.39, 0.29) is 5.56 Å². The minimum absolute atomic E-state index is 0.0191. The lowest BCUT2D eigenvalue weighted by molar-refractivity contribution is 0.104. The molecule has 23 heavy (non-hydrogen) atoms. The van der Waals surface area contributed by atoms with Crippen LogP contribution in [0.2, 0.25) is 0 Å². The van der Waals surface area contributed by atoms with Gasteiger partial charge in [0.15, 0.2) is 5.78 Å². The van der Waals surface area contributed by atoms with Gasteiger partial charge in [0.25, 0.3) is 0 Å². The summed E-state index contributed by atoms with van der Waals surface area (Å²) in [5, 5.41) is 3.71. The number of carbonyl (C=O) groups excluding carboxylic acids is 1. The molecule has 4 heteroatoms. The third-order valence-corrected chi connectivity index (χ3v) is 3.44. The number of aryl methyl sites for hydroxylation is 1. The van der Waals surface area contributed by atoms with E-state index in [4.69, 9.17) is 4.42 Å². The highest BCUT2D eigenvalue weighted by Gasteiger charge is 2.10. The van der Waals surface area contributed by atoms with Gasteiger partial charge in [0, 0.05) is 23.3 Å². The molecule has 1 aromatic heterocycles. The molecular formula is C19H15NO3. The van der Waals surface area contributed by atoms with E-state index >= 15 is 0 Å². The highest BCUT2D eigenvalue weighted by atomic mass is 16.4. The fourth-order valence-corrected chi connectivity index (χ4v) is 2.19. The van der Waals surface area contributed by atoms with Gasteiger partial charge < -0.3 is 9.73 Å². The number of anilines is 1. The van der Waals surface area contributed by atoms with Crippen molar-refractivity contribution in [3.8, 4) is 0 Å². The Morgan fingerprint density at radius 1 is 1.09 bits per heavy atom. The van der Waals surface area contributed by atoms with Crippen LogP contribution in [0.3, 0.4) is 0 Å². The first-order valence-corrected chi connectivity index (χ1v) is 7.20. The zero-order valence-electron chi connectivity index (χ0n) is 12.6. The lowest BCUT2D eigenvalue weighted by Crippen LogP contribution is -2.12. The van der Waals surface area contributed by atoms with Crippen molar-refractivity contribution in [1.29, 1.82) is 0 Å². The fraction of sp³-hybridized carbons (Fsp3) is 0.0526. The van der Waals surface area contributed by atoms with Crippen molar-refractivity contribution in [3.05, 3.63) is 88.4 Å². The van der Waals surface area contributed by atoms with Crippen LogP contribution in [-0.2, 0) is 0 Å². The van der Waals surface area contributed by atoms with Gasteiger partial charge in [0.2, 0.25) is 0 Å². The molecular weight excluding hydrogens is 290 g/mol. The van der Waals surface area contributed by atoms with Gasteiger partial charge in [-0.1, -0.05) is 35.9 Å². The maximum absolute atomic E-state index is 12.2. The second-order valence-corrected chi connectivity index (χ2v) is 5.19. The SMILES string of the molecule is Cc1ccc(N/C=C/C(=O)c2cc3ccccc3oc2=O)cc1. The summed E-state index contributed by atoms with van der Waals surface area (Å²) in [6.07, 6.45) is 2.84. The summed E-state index contributed by atoms with van der Waals surface area (Å²) >= 11 is 0. The molecule has 0 aliphatic rings. The third-order valence-electron chi connectivity index (χ3n) is 3.44. The van der Waals surface area contributed by atoms with Crippen LogP contribution in [0.5, 0.6) is 0 Å². The molecule has 0 bridgehead atoms. The number of nitrogens with one attached hydrogen (secondary N) is 1. The van der Waals surface area contributed by atoms with Crippen LogP contribution in [0.4, 0.5) is 5.69 Å². The second-order valence-electron chi connectivity index (χ2n) is 5.19. The molecule has 0 amide bonds. The summed E-state index contributed by atoms with van der Waals surface area (Å²) in [5.74, 6) is -0.399. The summed E-state index contributed by atoms with van der Waals surface area (Å²) in [4.78, 5) is 24.1. The molecule has 4 nitrogen and oxygen atoms in total. The minimum atomic E-state index is -0.631. The monoisotopic (exact) mass is 305 g/mol. The number of ketones is 1. The Morgan fingerprint density at radius 2 is 1.83 bits per heavy atom. The van der Waals surface area contributed by atoms with E-state index in [0.29, 0.717) is 5.58 Å². The summed E-state index contributed by atoms with van der Waals surface area (Å²) < 4.78 is 5.16. The molecule has 0 unspecified atom stereocenters. The standard InChI is InChI=1S/C19H15NO3/c1-13-6-8-15(9-7-13)20-11-10-17(21)16-12-14-4-2-3-5-18(14)23-19(16)22/h2-12,20H,1H3/b11-10+. The predicted octanol–water partition coefficient (Wildman–Crippen LogP) is 3.91. The quantitative estimate of drug-likeness (QED) is 0.451. The van der Waals surface area contributed by atoms with E-state index in [0.717, 1.165) is 16.6 Å². The van der Waals surface area contributed by atoms with Crippen molar-refractivity contribution in [2.24, 2.45) is 0 Å². The van der Waals surface area contributed by atoms with E-state index in [2.05, 4.69) is 5.32 Å². The molecule has 3 rings (SSSR count). The molecule has 0 spiro atoms. The molecule has 0 atom stereocenters. The number of rotatable bonds is 4. The van der Waals surface area contributed by atoms with Crippen molar-refractivity contribution >= 4 is 22.4 Å². The maximum atomic E-state index is 12.2. The fourth-order valence-electron chi connectivity index (χ4n) is 2.19. The molecule has 0 radical (unpaired) electrons. The minimum Gasteiger partial charge on any atom is -0.422 e. The van der Waals surface area contributed by atoms with Crippen molar-refractivity contribution in [1.82, 2.24) is 0 Å². The molecule has 1 N–H and O–H groups in total. The molecule has 0 saturated heterocycles. The Kier molecular flexibility index (Phi) is 4.06. The smallest absolute Gasteiger partial charge is 0.347 e. The maximum Gasteiger partial charge on any atom is 0.347 e. The lowest BCUT2D eigenvalue weighted by atomic mass is 10.1. The Labute approximate surface area is 133 Å². The van der Waals surface area contributed by atoms with Crippen LogP contribution in [0.1, 0.15) is 15.9 Å². The lowest BCUT2D eigenvalue weighted by Gasteiger charge is -2.01. The normalized spacial score (nSPS) is 11.0. The molecule has 3 aromatic rings. The predicted molar refractivity (Wildman–Crippen MR) is 90.8 cm³/mol. The number of para-hydroxylation sites is 1. The Morgan fingerprint density at radius 3 is 2.61 bits per heavy atom. The van der Waals surface area contributed by atoms with Gasteiger partial charge in [-0.15, -0.1) is 0 Å². The van der Waals surface area contributed by atoms with Gasteiger partial charge in [-0.2, -0.15) is 0 Å².